The molecule has 0 radical (unpaired) electrons. The number of hydroxylamine groups is 1. The van der Waals surface area contributed by atoms with Crippen molar-refractivity contribution in [2.75, 3.05) is 0 Å². The van der Waals surface area contributed by atoms with Crippen molar-refractivity contribution in [3.8, 4) is 0 Å². The first-order valence-electron chi connectivity index (χ1n) is 5.41. The molecule has 0 saturated carbocycles. The number of halogens is 1. The quantitative estimate of drug-likeness (QED) is 0.832. The van der Waals surface area contributed by atoms with Gasteiger partial charge in [-0.2, -0.15) is 5.48 Å². The minimum absolute atomic E-state index is 0.188. The lowest BCUT2D eigenvalue weighted by molar-refractivity contribution is 0.00758. The highest BCUT2D eigenvalue weighted by Crippen LogP contribution is 2.28. The maximum atomic E-state index is 5.50. The average molecular weight is 312 g/mol. The van der Waals surface area contributed by atoms with Crippen LogP contribution < -0.4 is 5.48 Å². The molecule has 90 valence electrons. The Balaban J connectivity index is 1.81. The van der Waals surface area contributed by atoms with Gasteiger partial charge in [0, 0.05) is 9.35 Å². The molecule has 2 rings (SSSR count). The molecule has 1 unspecified atom stereocenters. The summed E-state index contributed by atoms with van der Waals surface area (Å²) in [5.41, 5.74) is 4.22. The second-order valence-corrected chi connectivity index (χ2v) is 5.55. The molecule has 2 nitrogen and oxygen atoms in total. The third-order valence-electron chi connectivity index (χ3n) is 2.38. The molecule has 1 heterocycles. The van der Waals surface area contributed by atoms with Crippen molar-refractivity contribution >= 4 is 27.3 Å². The van der Waals surface area contributed by atoms with E-state index in [1.807, 2.05) is 30.3 Å². The van der Waals surface area contributed by atoms with Crippen molar-refractivity contribution < 1.29 is 4.84 Å². The van der Waals surface area contributed by atoms with Gasteiger partial charge in [0.25, 0.3) is 0 Å². The molecule has 2 aromatic rings. The zero-order chi connectivity index (χ0) is 12.1. The van der Waals surface area contributed by atoms with E-state index in [1.165, 1.54) is 4.88 Å². The molecule has 0 aliphatic rings. The summed E-state index contributed by atoms with van der Waals surface area (Å²) < 4.78 is 1.13. The van der Waals surface area contributed by atoms with Crippen LogP contribution in [0.3, 0.4) is 0 Å². The van der Waals surface area contributed by atoms with Crippen LogP contribution >= 0.6 is 27.3 Å². The highest BCUT2D eigenvalue weighted by molar-refractivity contribution is 9.10. The van der Waals surface area contributed by atoms with Gasteiger partial charge in [0.05, 0.1) is 12.6 Å². The molecule has 0 amide bonds. The van der Waals surface area contributed by atoms with Gasteiger partial charge in [0.2, 0.25) is 0 Å². The van der Waals surface area contributed by atoms with E-state index in [0.717, 1.165) is 10.0 Å². The Morgan fingerprint density at radius 2 is 2.06 bits per heavy atom. The fourth-order valence-corrected chi connectivity index (χ4v) is 3.21. The van der Waals surface area contributed by atoms with Gasteiger partial charge in [-0.15, -0.1) is 11.3 Å². The number of benzene rings is 1. The number of hydrogen-bond acceptors (Lipinski definition) is 3. The van der Waals surface area contributed by atoms with Crippen LogP contribution in [0.2, 0.25) is 0 Å². The van der Waals surface area contributed by atoms with Crippen LogP contribution in [0.1, 0.15) is 23.4 Å². The molecule has 17 heavy (non-hydrogen) atoms. The van der Waals surface area contributed by atoms with E-state index < -0.39 is 0 Å². The topological polar surface area (TPSA) is 21.3 Å². The second kappa shape index (κ2) is 6.31. The molecule has 1 aromatic carbocycles. The van der Waals surface area contributed by atoms with E-state index in [-0.39, 0.29) is 6.04 Å². The SMILES string of the molecule is CC(NOCc1ccccc1)c1sccc1Br. The van der Waals surface area contributed by atoms with Crippen LogP contribution in [-0.4, -0.2) is 0 Å². The molecule has 1 aromatic heterocycles. The van der Waals surface area contributed by atoms with E-state index in [4.69, 9.17) is 4.84 Å². The van der Waals surface area contributed by atoms with Crippen LogP contribution in [-0.2, 0) is 11.4 Å². The molecule has 4 heteroatoms. The second-order valence-electron chi connectivity index (χ2n) is 3.75. The highest BCUT2D eigenvalue weighted by atomic mass is 79.9. The lowest BCUT2D eigenvalue weighted by atomic mass is 10.2. The standard InChI is InChI=1S/C13H14BrNOS/c1-10(13-12(14)7-8-17-13)15-16-9-11-5-3-2-4-6-11/h2-8,10,15H,9H2,1H3. The predicted octanol–water partition coefficient (Wildman–Crippen LogP) is 4.29. The summed E-state index contributed by atoms with van der Waals surface area (Å²) in [4.78, 5) is 6.74. The van der Waals surface area contributed by atoms with Gasteiger partial charge in [-0.3, -0.25) is 4.84 Å². The molecule has 0 aliphatic carbocycles. The third-order valence-corrected chi connectivity index (χ3v) is 4.43. The Hall–Kier alpha value is -0.680. The van der Waals surface area contributed by atoms with Gasteiger partial charge in [-0.25, -0.2) is 0 Å². The molecule has 0 fully saturated rings. The highest BCUT2D eigenvalue weighted by Gasteiger charge is 2.10. The zero-order valence-corrected chi connectivity index (χ0v) is 11.9. The van der Waals surface area contributed by atoms with Crippen molar-refractivity contribution in [2.24, 2.45) is 0 Å². The minimum atomic E-state index is 0.188. The summed E-state index contributed by atoms with van der Waals surface area (Å²) >= 11 is 5.23. The predicted molar refractivity (Wildman–Crippen MR) is 74.8 cm³/mol. The number of thiophene rings is 1. The van der Waals surface area contributed by atoms with Crippen LogP contribution in [0.15, 0.2) is 46.3 Å². The van der Waals surface area contributed by atoms with E-state index >= 15 is 0 Å². The third kappa shape index (κ3) is 3.64. The van der Waals surface area contributed by atoms with Gasteiger partial charge < -0.3 is 0 Å². The Kier molecular flexibility index (Phi) is 4.74. The summed E-state index contributed by atoms with van der Waals surface area (Å²) in [6.07, 6.45) is 0. The number of nitrogens with one attached hydrogen (secondary N) is 1. The largest absolute Gasteiger partial charge is 0.296 e. The molecular weight excluding hydrogens is 298 g/mol. The lowest BCUT2D eigenvalue weighted by Crippen LogP contribution is -2.18. The van der Waals surface area contributed by atoms with Crippen molar-refractivity contribution in [1.29, 1.82) is 0 Å². The van der Waals surface area contributed by atoms with Crippen LogP contribution in [0.25, 0.3) is 0 Å². The van der Waals surface area contributed by atoms with Crippen molar-refractivity contribution in [3.63, 3.8) is 0 Å². The first-order chi connectivity index (χ1) is 8.27. The molecule has 1 N–H and O–H groups in total. The van der Waals surface area contributed by atoms with E-state index in [0.29, 0.717) is 6.61 Å². The lowest BCUT2D eigenvalue weighted by Gasteiger charge is -2.12. The summed E-state index contributed by atoms with van der Waals surface area (Å²) in [6, 6.07) is 12.4. The molecular formula is C13H14BrNOS. The van der Waals surface area contributed by atoms with Crippen LogP contribution in [0, 0.1) is 0 Å². The summed E-state index contributed by atoms with van der Waals surface area (Å²) in [6.45, 7) is 2.66. The molecule has 0 aliphatic heterocycles. The van der Waals surface area contributed by atoms with E-state index in [1.54, 1.807) is 11.3 Å². The van der Waals surface area contributed by atoms with Gasteiger partial charge in [0.1, 0.15) is 0 Å². The Bertz CT molecular complexity index is 457. The Morgan fingerprint density at radius 3 is 2.71 bits per heavy atom. The smallest absolute Gasteiger partial charge is 0.0933 e. The zero-order valence-electron chi connectivity index (χ0n) is 9.52. The van der Waals surface area contributed by atoms with Crippen molar-refractivity contribution in [2.45, 2.75) is 19.6 Å². The summed E-state index contributed by atoms with van der Waals surface area (Å²) in [5.74, 6) is 0. The fraction of sp³-hybridized carbons (Fsp3) is 0.231. The van der Waals surface area contributed by atoms with Gasteiger partial charge >= 0.3 is 0 Å². The molecule has 1 atom stereocenters. The normalized spacial score (nSPS) is 12.6. The van der Waals surface area contributed by atoms with E-state index in [2.05, 4.69) is 39.8 Å². The number of hydrogen-bond donors (Lipinski definition) is 1. The first kappa shape index (κ1) is 12.8. The molecule has 0 spiro atoms. The summed E-state index contributed by atoms with van der Waals surface area (Å²) in [5, 5.41) is 2.06. The van der Waals surface area contributed by atoms with Gasteiger partial charge in [-0.1, -0.05) is 30.3 Å². The van der Waals surface area contributed by atoms with Crippen molar-refractivity contribution in [1.82, 2.24) is 5.48 Å². The maximum absolute atomic E-state index is 5.50. The van der Waals surface area contributed by atoms with Crippen molar-refractivity contribution in [3.05, 3.63) is 56.7 Å². The van der Waals surface area contributed by atoms with Gasteiger partial charge in [0.15, 0.2) is 0 Å². The van der Waals surface area contributed by atoms with Crippen LogP contribution in [0.4, 0.5) is 0 Å². The maximum Gasteiger partial charge on any atom is 0.0933 e. The fourth-order valence-electron chi connectivity index (χ4n) is 1.49. The summed E-state index contributed by atoms with van der Waals surface area (Å²) in [7, 11) is 0. The first-order valence-corrected chi connectivity index (χ1v) is 7.09. The molecule has 0 bridgehead atoms. The van der Waals surface area contributed by atoms with E-state index in [9.17, 15) is 0 Å². The van der Waals surface area contributed by atoms with Crippen LogP contribution in [0.5, 0.6) is 0 Å². The molecule has 0 saturated heterocycles. The average Bonchev–Trinajstić information content (AvgIpc) is 2.77. The Morgan fingerprint density at radius 1 is 1.29 bits per heavy atom. The monoisotopic (exact) mass is 311 g/mol. The Labute approximate surface area is 114 Å². The minimum Gasteiger partial charge on any atom is -0.296 e. The van der Waals surface area contributed by atoms with Gasteiger partial charge in [-0.05, 0) is 39.9 Å². The number of rotatable bonds is 5.